The average molecular weight is 352 g/mol. The number of hydrazone groups is 1. The van der Waals surface area contributed by atoms with Crippen LogP contribution in [0.3, 0.4) is 0 Å². The van der Waals surface area contributed by atoms with E-state index in [1.54, 1.807) is 37.3 Å². The molecule has 0 saturated carbocycles. The molecule has 0 heterocycles. The standard InChI is InChI=1S/C16H15Cl2N3O2/c1-10(20-12-4-7-14(17)15(18)8-12)16(23)21-19-9-11-2-5-13(22)6-3-11/h2-10,20,22H,1H3,(H,21,23)/b19-9+/t10-/m1/s1. The number of carbonyl (C=O) groups excluding carboxylic acids is 1. The largest absolute Gasteiger partial charge is 0.508 e. The van der Waals surface area contributed by atoms with E-state index in [1.165, 1.54) is 18.3 Å². The minimum Gasteiger partial charge on any atom is -0.508 e. The van der Waals surface area contributed by atoms with Crippen LogP contribution in [-0.2, 0) is 4.79 Å². The molecule has 1 atom stereocenters. The Bertz CT molecular complexity index is 718. The van der Waals surface area contributed by atoms with Gasteiger partial charge in [0, 0.05) is 5.69 Å². The summed E-state index contributed by atoms with van der Waals surface area (Å²) in [7, 11) is 0. The number of hydrogen-bond acceptors (Lipinski definition) is 4. The van der Waals surface area contributed by atoms with Crippen LogP contribution in [0.1, 0.15) is 12.5 Å². The lowest BCUT2D eigenvalue weighted by Crippen LogP contribution is -2.34. The molecule has 23 heavy (non-hydrogen) atoms. The topological polar surface area (TPSA) is 73.7 Å². The third kappa shape index (κ3) is 5.16. The van der Waals surface area contributed by atoms with Crippen molar-refractivity contribution in [1.82, 2.24) is 5.43 Å². The van der Waals surface area contributed by atoms with Gasteiger partial charge in [0.05, 0.1) is 16.3 Å². The van der Waals surface area contributed by atoms with Gasteiger partial charge < -0.3 is 10.4 Å². The van der Waals surface area contributed by atoms with Gasteiger partial charge in [0.15, 0.2) is 0 Å². The quantitative estimate of drug-likeness (QED) is 0.568. The van der Waals surface area contributed by atoms with Crippen molar-refractivity contribution in [3.05, 3.63) is 58.1 Å². The van der Waals surface area contributed by atoms with Gasteiger partial charge in [0.1, 0.15) is 11.8 Å². The van der Waals surface area contributed by atoms with Gasteiger partial charge in [-0.15, -0.1) is 0 Å². The fraction of sp³-hybridized carbons (Fsp3) is 0.125. The molecule has 0 aliphatic carbocycles. The first-order chi connectivity index (χ1) is 11.0. The van der Waals surface area contributed by atoms with E-state index in [0.717, 1.165) is 5.56 Å². The first-order valence-electron chi connectivity index (χ1n) is 6.79. The summed E-state index contributed by atoms with van der Waals surface area (Å²) in [5.41, 5.74) is 3.88. The zero-order chi connectivity index (χ0) is 16.8. The van der Waals surface area contributed by atoms with Crippen LogP contribution in [0.4, 0.5) is 5.69 Å². The third-order valence-electron chi connectivity index (χ3n) is 2.98. The molecule has 0 aliphatic rings. The van der Waals surface area contributed by atoms with E-state index in [2.05, 4.69) is 15.8 Å². The molecule has 0 unspecified atom stereocenters. The Morgan fingerprint density at radius 2 is 1.87 bits per heavy atom. The summed E-state index contributed by atoms with van der Waals surface area (Å²) < 4.78 is 0. The highest BCUT2D eigenvalue weighted by Gasteiger charge is 2.12. The fourth-order valence-electron chi connectivity index (χ4n) is 1.73. The van der Waals surface area contributed by atoms with Gasteiger partial charge in [-0.2, -0.15) is 5.10 Å². The Balaban J connectivity index is 1.89. The van der Waals surface area contributed by atoms with E-state index < -0.39 is 6.04 Å². The number of halogens is 2. The van der Waals surface area contributed by atoms with E-state index in [9.17, 15) is 9.90 Å². The minimum absolute atomic E-state index is 0.172. The molecule has 0 radical (unpaired) electrons. The number of carbonyl (C=O) groups is 1. The molecule has 5 nitrogen and oxygen atoms in total. The van der Waals surface area contributed by atoms with Crippen molar-refractivity contribution < 1.29 is 9.90 Å². The van der Waals surface area contributed by atoms with Crippen LogP contribution in [0.25, 0.3) is 0 Å². The van der Waals surface area contributed by atoms with Crippen molar-refractivity contribution in [3.8, 4) is 5.75 Å². The molecule has 3 N–H and O–H groups in total. The van der Waals surface area contributed by atoms with Gasteiger partial charge in [0.25, 0.3) is 5.91 Å². The number of amides is 1. The van der Waals surface area contributed by atoms with Crippen molar-refractivity contribution in [2.24, 2.45) is 5.10 Å². The van der Waals surface area contributed by atoms with E-state index in [-0.39, 0.29) is 11.7 Å². The molecule has 0 bridgehead atoms. The summed E-state index contributed by atoms with van der Waals surface area (Å²) in [4.78, 5) is 12.0. The summed E-state index contributed by atoms with van der Waals surface area (Å²) in [5.74, 6) is -0.128. The van der Waals surface area contributed by atoms with Crippen LogP contribution in [0.2, 0.25) is 10.0 Å². The predicted octanol–water partition coefficient (Wildman–Crippen LogP) is 3.65. The van der Waals surface area contributed by atoms with Crippen molar-refractivity contribution >= 4 is 41.0 Å². The maximum Gasteiger partial charge on any atom is 0.262 e. The summed E-state index contributed by atoms with van der Waals surface area (Å²) >= 11 is 11.8. The molecule has 2 aromatic carbocycles. The second-order valence-corrected chi connectivity index (χ2v) is 5.64. The van der Waals surface area contributed by atoms with Crippen molar-refractivity contribution in [3.63, 3.8) is 0 Å². The van der Waals surface area contributed by atoms with Gasteiger partial charge in [-0.25, -0.2) is 5.43 Å². The molecule has 1 amide bonds. The Morgan fingerprint density at radius 1 is 1.17 bits per heavy atom. The molecule has 0 aromatic heterocycles. The number of nitrogens with one attached hydrogen (secondary N) is 2. The van der Waals surface area contributed by atoms with Gasteiger partial charge in [-0.3, -0.25) is 4.79 Å². The number of phenolic OH excluding ortho intramolecular Hbond substituents is 1. The number of benzene rings is 2. The minimum atomic E-state index is -0.510. The normalized spacial score (nSPS) is 12.1. The van der Waals surface area contributed by atoms with E-state index in [1.807, 2.05) is 0 Å². The van der Waals surface area contributed by atoms with Crippen LogP contribution in [-0.4, -0.2) is 23.3 Å². The lowest BCUT2D eigenvalue weighted by atomic mass is 10.2. The number of aromatic hydroxyl groups is 1. The Kier molecular flexibility index (Phi) is 5.84. The summed E-state index contributed by atoms with van der Waals surface area (Å²) in [5, 5.41) is 16.9. The molecule has 2 aromatic rings. The highest BCUT2D eigenvalue weighted by atomic mass is 35.5. The zero-order valence-electron chi connectivity index (χ0n) is 12.3. The average Bonchev–Trinajstić information content (AvgIpc) is 2.52. The molecule has 0 fully saturated rings. The van der Waals surface area contributed by atoms with Crippen LogP contribution in [0.5, 0.6) is 5.75 Å². The van der Waals surface area contributed by atoms with E-state index in [4.69, 9.17) is 23.2 Å². The lowest BCUT2D eigenvalue weighted by molar-refractivity contribution is -0.121. The molecule has 0 saturated heterocycles. The van der Waals surface area contributed by atoms with Crippen LogP contribution >= 0.6 is 23.2 Å². The monoisotopic (exact) mass is 351 g/mol. The van der Waals surface area contributed by atoms with Gasteiger partial charge in [-0.1, -0.05) is 23.2 Å². The van der Waals surface area contributed by atoms with Gasteiger partial charge >= 0.3 is 0 Å². The number of phenols is 1. The van der Waals surface area contributed by atoms with Crippen molar-refractivity contribution in [1.29, 1.82) is 0 Å². The lowest BCUT2D eigenvalue weighted by Gasteiger charge is -2.13. The Morgan fingerprint density at radius 3 is 2.52 bits per heavy atom. The highest BCUT2D eigenvalue weighted by Crippen LogP contribution is 2.25. The molecule has 120 valence electrons. The predicted molar refractivity (Wildman–Crippen MR) is 93.4 cm³/mol. The third-order valence-corrected chi connectivity index (χ3v) is 3.72. The van der Waals surface area contributed by atoms with Crippen LogP contribution < -0.4 is 10.7 Å². The van der Waals surface area contributed by atoms with Gasteiger partial charge in [-0.05, 0) is 55.0 Å². The Hall–Kier alpha value is -2.24. The Labute approximate surface area is 143 Å². The molecule has 0 aliphatic heterocycles. The highest BCUT2D eigenvalue weighted by molar-refractivity contribution is 6.42. The van der Waals surface area contributed by atoms with E-state index in [0.29, 0.717) is 15.7 Å². The zero-order valence-corrected chi connectivity index (χ0v) is 13.8. The maximum absolute atomic E-state index is 12.0. The summed E-state index contributed by atoms with van der Waals surface area (Å²) in [6.07, 6.45) is 1.49. The molecule has 7 heteroatoms. The number of hydrogen-bond donors (Lipinski definition) is 3. The first kappa shape index (κ1) is 17.1. The van der Waals surface area contributed by atoms with Crippen LogP contribution in [0, 0.1) is 0 Å². The molecule has 0 spiro atoms. The summed E-state index contributed by atoms with van der Waals surface area (Å²) in [6, 6.07) is 11.0. The molecular weight excluding hydrogens is 337 g/mol. The SMILES string of the molecule is C[C@@H](Nc1ccc(Cl)c(Cl)c1)C(=O)N/N=C/c1ccc(O)cc1. The van der Waals surface area contributed by atoms with E-state index >= 15 is 0 Å². The number of rotatable bonds is 5. The molecule has 2 rings (SSSR count). The summed E-state index contributed by atoms with van der Waals surface area (Å²) in [6.45, 7) is 1.70. The maximum atomic E-state index is 12.0. The number of anilines is 1. The second kappa shape index (κ2) is 7.85. The number of nitrogens with zero attached hydrogens (tertiary/aromatic N) is 1. The fourth-order valence-corrected chi connectivity index (χ4v) is 2.03. The van der Waals surface area contributed by atoms with Gasteiger partial charge in [0.2, 0.25) is 0 Å². The smallest absolute Gasteiger partial charge is 0.262 e. The van der Waals surface area contributed by atoms with Crippen LogP contribution in [0.15, 0.2) is 47.6 Å². The second-order valence-electron chi connectivity index (χ2n) is 4.82. The first-order valence-corrected chi connectivity index (χ1v) is 7.55. The van der Waals surface area contributed by atoms with Crippen molar-refractivity contribution in [2.75, 3.05) is 5.32 Å². The van der Waals surface area contributed by atoms with Crippen molar-refractivity contribution in [2.45, 2.75) is 13.0 Å². The molecular formula is C16H15Cl2N3O2.